The van der Waals surface area contributed by atoms with Gasteiger partial charge in [0.25, 0.3) is 5.56 Å². The highest BCUT2D eigenvalue weighted by Crippen LogP contribution is 2.28. The van der Waals surface area contributed by atoms with E-state index in [1.807, 2.05) is 0 Å². The lowest BCUT2D eigenvalue weighted by Crippen LogP contribution is -2.18. The standard InChI is InChI=1S/C13H14N2O4S.H3N/c1-18-9-4-3-7(6-10(9)19-2)5-8-11(16)14-13(20)15-12(8)17;/h3-4,6H,5H2,1-2H3,(H3,14,15,16,17,20);1H3. The summed E-state index contributed by atoms with van der Waals surface area (Å²) in [5.41, 5.74) is 0.384. The normalized spacial score (nSPS) is 9.81. The van der Waals surface area contributed by atoms with Crippen LogP contribution in [0.15, 0.2) is 23.0 Å². The van der Waals surface area contributed by atoms with Gasteiger partial charge in [-0.15, -0.1) is 0 Å². The predicted octanol–water partition coefficient (Wildman–Crippen LogP) is 1.49. The van der Waals surface area contributed by atoms with Gasteiger partial charge in [0.1, 0.15) is 0 Å². The number of benzene rings is 1. The fourth-order valence-corrected chi connectivity index (χ4v) is 2.03. The van der Waals surface area contributed by atoms with Crippen molar-refractivity contribution in [2.24, 2.45) is 0 Å². The number of ether oxygens (including phenoxy) is 2. The molecule has 0 amide bonds. The van der Waals surface area contributed by atoms with Crippen LogP contribution in [0, 0.1) is 4.77 Å². The van der Waals surface area contributed by atoms with Crippen molar-refractivity contribution in [2.45, 2.75) is 6.42 Å². The Morgan fingerprint density at radius 2 is 1.86 bits per heavy atom. The van der Waals surface area contributed by atoms with Crippen LogP contribution in [0.5, 0.6) is 17.4 Å². The second-order valence-electron chi connectivity index (χ2n) is 4.08. The molecule has 1 aromatic heterocycles. The number of hydrogen-bond donors (Lipinski definition) is 3. The molecule has 0 aliphatic rings. The van der Waals surface area contributed by atoms with Crippen molar-refractivity contribution in [1.29, 1.82) is 0 Å². The summed E-state index contributed by atoms with van der Waals surface area (Å²) in [4.78, 5) is 16.5. The van der Waals surface area contributed by atoms with Gasteiger partial charge in [-0.05, 0) is 35.8 Å². The number of rotatable bonds is 4. The molecular weight excluding hydrogens is 294 g/mol. The van der Waals surface area contributed by atoms with Crippen LogP contribution in [0.1, 0.15) is 11.1 Å². The lowest BCUT2D eigenvalue weighted by Gasteiger charge is -2.13. The number of nitrogens with one attached hydrogen (secondary N) is 2. The van der Waals surface area contributed by atoms with E-state index in [0.717, 1.165) is 5.56 Å². The van der Waals surface area contributed by atoms with Gasteiger partial charge in [-0.25, -0.2) is 0 Å². The van der Waals surface area contributed by atoms with Crippen LogP contribution in [-0.2, 0) is 6.42 Å². The van der Waals surface area contributed by atoms with E-state index in [2.05, 4.69) is 9.97 Å². The van der Waals surface area contributed by atoms with E-state index < -0.39 is 11.4 Å². The molecule has 114 valence electrons. The molecule has 8 heteroatoms. The summed E-state index contributed by atoms with van der Waals surface area (Å²) in [6.07, 6.45) is 0.181. The predicted molar refractivity (Wildman–Crippen MR) is 80.0 cm³/mol. The first kappa shape index (κ1) is 16.7. The molecule has 0 unspecified atom stereocenters. The minimum atomic E-state index is -0.478. The zero-order valence-electron chi connectivity index (χ0n) is 12.0. The largest absolute Gasteiger partial charge is 0.860 e. The Hall–Kier alpha value is -2.32. The van der Waals surface area contributed by atoms with E-state index in [0.29, 0.717) is 11.5 Å². The lowest BCUT2D eigenvalue weighted by molar-refractivity contribution is -0.276. The maximum absolute atomic E-state index is 11.7. The average Bonchev–Trinajstić information content (AvgIpc) is 2.42. The van der Waals surface area contributed by atoms with Gasteiger partial charge in [-0.2, -0.15) is 0 Å². The number of quaternary nitrogens is 1. The molecule has 0 atom stereocenters. The fraction of sp³-hybridized carbons (Fsp3) is 0.231. The first-order chi connectivity index (χ1) is 9.55. The maximum Gasteiger partial charge on any atom is 0.254 e. The molecule has 7 nitrogen and oxygen atoms in total. The summed E-state index contributed by atoms with van der Waals surface area (Å²) in [5, 5.41) is 11.7. The van der Waals surface area contributed by atoms with E-state index in [4.69, 9.17) is 21.7 Å². The summed E-state index contributed by atoms with van der Waals surface area (Å²) in [7, 11) is 3.06. The number of hydrogen-bond acceptors (Lipinski definition) is 5. The Labute approximate surface area is 126 Å². The van der Waals surface area contributed by atoms with Crippen LogP contribution in [0.4, 0.5) is 0 Å². The van der Waals surface area contributed by atoms with Gasteiger partial charge in [0.15, 0.2) is 16.3 Å². The van der Waals surface area contributed by atoms with Crippen LogP contribution in [-0.4, -0.2) is 24.2 Å². The fourth-order valence-electron chi connectivity index (χ4n) is 1.85. The molecule has 2 aromatic rings. The summed E-state index contributed by atoms with van der Waals surface area (Å²) >= 11 is 4.74. The van der Waals surface area contributed by atoms with Gasteiger partial charge < -0.3 is 25.7 Å². The molecule has 2 rings (SSSR count). The topological polar surface area (TPSA) is 127 Å². The molecular formula is C13H17N3O4S. The lowest BCUT2D eigenvalue weighted by atomic mass is 10.1. The highest BCUT2D eigenvalue weighted by atomic mass is 32.1. The quantitative estimate of drug-likeness (QED) is 0.737. The van der Waals surface area contributed by atoms with Crippen molar-refractivity contribution in [1.82, 2.24) is 16.1 Å². The van der Waals surface area contributed by atoms with Crippen LogP contribution in [0.3, 0.4) is 0 Å². The zero-order valence-corrected chi connectivity index (χ0v) is 12.8. The third-order valence-electron chi connectivity index (χ3n) is 2.83. The van der Waals surface area contributed by atoms with Crippen LogP contribution in [0.2, 0.25) is 0 Å². The molecule has 0 radical (unpaired) electrons. The minimum absolute atomic E-state index is 0. The minimum Gasteiger partial charge on any atom is -0.860 e. The summed E-state index contributed by atoms with van der Waals surface area (Å²) in [6, 6.07) is 5.21. The molecule has 0 aliphatic carbocycles. The first-order valence-electron chi connectivity index (χ1n) is 5.78. The Bertz CT molecular complexity index is 739. The number of aromatic amines is 2. The first-order valence-corrected chi connectivity index (χ1v) is 6.19. The van der Waals surface area contributed by atoms with Crippen LogP contribution >= 0.6 is 12.2 Å². The van der Waals surface area contributed by atoms with Gasteiger partial charge in [-0.3, -0.25) is 9.78 Å². The van der Waals surface area contributed by atoms with E-state index >= 15 is 0 Å². The third-order valence-corrected chi connectivity index (χ3v) is 3.04. The molecule has 0 fully saturated rings. The average molecular weight is 311 g/mol. The van der Waals surface area contributed by atoms with Crippen molar-refractivity contribution < 1.29 is 14.6 Å². The van der Waals surface area contributed by atoms with E-state index in [1.165, 1.54) is 14.2 Å². The Balaban J connectivity index is 0.00000220. The Morgan fingerprint density at radius 1 is 1.19 bits per heavy atom. The number of H-pyrrole nitrogens is 2. The second kappa shape index (κ2) is 6.91. The molecule has 0 saturated heterocycles. The highest BCUT2D eigenvalue weighted by molar-refractivity contribution is 7.71. The van der Waals surface area contributed by atoms with Crippen molar-refractivity contribution >= 4 is 12.2 Å². The van der Waals surface area contributed by atoms with E-state index in [-0.39, 0.29) is 22.9 Å². The summed E-state index contributed by atoms with van der Waals surface area (Å²) in [5.74, 6) is 0.645. The van der Waals surface area contributed by atoms with Crippen LogP contribution < -0.4 is 26.3 Å². The second-order valence-corrected chi connectivity index (χ2v) is 4.49. The van der Waals surface area contributed by atoms with Gasteiger partial charge in [-0.1, -0.05) is 6.07 Å². The molecule has 0 aliphatic heterocycles. The van der Waals surface area contributed by atoms with Crippen molar-refractivity contribution in [3.63, 3.8) is 0 Å². The Morgan fingerprint density at radius 3 is 2.43 bits per heavy atom. The summed E-state index contributed by atoms with van der Waals surface area (Å²) in [6.45, 7) is 0. The molecule has 1 heterocycles. The Kier molecular flexibility index (Phi) is 5.51. The molecule has 1 aromatic carbocycles. The van der Waals surface area contributed by atoms with E-state index in [9.17, 15) is 9.90 Å². The van der Waals surface area contributed by atoms with Crippen LogP contribution in [0.25, 0.3) is 0 Å². The van der Waals surface area contributed by atoms with E-state index in [1.54, 1.807) is 18.2 Å². The molecule has 0 spiro atoms. The monoisotopic (exact) mass is 311 g/mol. The number of methoxy groups -OCH3 is 2. The molecule has 0 saturated carbocycles. The molecule has 6 N–H and O–H groups in total. The van der Waals surface area contributed by atoms with Gasteiger partial charge in [0.05, 0.1) is 14.2 Å². The maximum atomic E-state index is 11.7. The van der Waals surface area contributed by atoms with Crippen molar-refractivity contribution in [2.75, 3.05) is 14.2 Å². The molecule has 0 bridgehead atoms. The molecule has 21 heavy (non-hydrogen) atoms. The van der Waals surface area contributed by atoms with Gasteiger partial charge in [0, 0.05) is 12.0 Å². The highest BCUT2D eigenvalue weighted by Gasteiger charge is 2.08. The number of aromatic nitrogens is 2. The van der Waals surface area contributed by atoms with Crippen molar-refractivity contribution in [3.05, 3.63) is 44.5 Å². The van der Waals surface area contributed by atoms with Crippen molar-refractivity contribution in [3.8, 4) is 17.4 Å². The zero-order chi connectivity index (χ0) is 14.7. The SMILES string of the molecule is COc1ccc(Cc2c([O-])[nH]c(=S)[nH]c2=O)cc1OC.[NH4+]. The smallest absolute Gasteiger partial charge is 0.254 e. The van der Waals surface area contributed by atoms with Gasteiger partial charge in [0.2, 0.25) is 0 Å². The third kappa shape index (κ3) is 3.61. The van der Waals surface area contributed by atoms with Gasteiger partial charge >= 0.3 is 0 Å². The summed E-state index contributed by atoms with van der Waals surface area (Å²) < 4.78 is 10.3.